The smallest absolute Gasteiger partial charge is 0.407 e. The first kappa shape index (κ1) is 33.5. The van der Waals surface area contributed by atoms with Gasteiger partial charge in [-0.15, -0.1) is 0 Å². The molecule has 1 saturated heterocycles. The van der Waals surface area contributed by atoms with Crippen molar-refractivity contribution < 1.29 is 23.6 Å². The predicted octanol–water partition coefficient (Wildman–Crippen LogP) is 5.93. The van der Waals surface area contributed by atoms with E-state index in [1.54, 1.807) is 24.3 Å². The van der Waals surface area contributed by atoms with Crippen LogP contribution in [0.25, 0.3) is 0 Å². The van der Waals surface area contributed by atoms with E-state index in [0.717, 1.165) is 21.6 Å². The third-order valence-corrected chi connectivity index (χ3v) is 9.67. The number of morpholine rings is 1. The van der Waals surface area contributed by atoms with Crippen LogP contribution < -0.4 is 16.0 Å². The average molecular weight is 660 g/mol. The first-order valence-corrected chi connectivity index (χ1v) is 16.9. The summed E-state index contributed by atoms with van der Waals surface area (Å²) in [6.07, 6.45) is 0.372. The molecule has 0 radical (unpaired) electrons. The van der Waals surface area contributed by atoms with E-state index in [2.05, 4.69) is 16.0 Å². The van der Waals surface area contributed by atoms with Gasteiger partial charge in [-0.25, -0.2) is 4.79 Å². The topological polar surface area (TPSA) is 112 Å². The molecule has 2 unspecified atom stereocenters. The summed E-state index contributed by atoms with van der Waals surface area (Å²) in [5, 5.41) is 9.90. The van der Waals surface area contributed by atoms with E-state index in [-0.39, 0.29) is 18.1 Å². The first-order valence-electron chi connectivity index (χ1n) is 15.2. The molecule has 1 fully saturated rings. The zero-order valence-corrected chi connectivity index (χ0v) is 27.1. The average Bonchev–Trinajstić information content (AvgIpc) is 3.09. The maximum atomic E-state index is 14.0. The van der Waals surface area contributed by atoms with Gasteiger partial charge in [0.1, 0.15) is 17.9 Å². The van der Waals surface area contributed by atoms with Crippen LogP contribution in [0.15, 0.2) is 114 Å². The summed E-state index contributed by atoms with van der Waals surface area (Å²) in [7, 11) is 1.28. The molecule has 4 atom stereocenters. The molecule has 4 aromatic carbocycles. The number of carbonyl (C=O) groups is 2. The number of anilines is 1. The highest BCUT2D eigenvalue weighted by Crippen LogP contribution is 2.30. The second kappa shape index (κ2) is 16.6. The van der Waals surface area contributed by atoms with Gasteiger partial charge in [-0.1, -0.05) is 90.5 Å². The molecular formula is C36H38ClN3O5S. The molecule has 1 aliphatic rings. The highest BCUT2D eigenvalue weighted by Gasteiger charge is 2.33. The molecule has 0 aromatic heterocycles. The number of amides is 2. The summed E-state index contributed by atoms with van der Waals surface area (Å²) in [6.45, 7) is 1.31. The summed E-state index contributed by atoms with van der Waals surface area (Å²) >= 11 is 4.77. The lowest BCUT2D eigenvalue weighted by Gasteiger charge is -2.31. The Bertz CT molecular complexity index is 1520. The number of carbonyl (C=O) groups excluding carboxylic acids is 2. The van der Waals surface area contributed by atoms with Crippen molar-refractivity contribution in [3.05, 3.63) is 131 Å². The normalized spacial score (nSPS) is 17.6. The number of ether oxygens (including phenoxy) is 2. The standard InChI is InChI=1S/C36H38ClN3O5S/c1-44-36(42)40-34(33(26-11-4-2-5-12-26)27-13-6-3-7-14-27)35(41)39-32-15-9-8-10-25(32)16-19-29-22-38-23-30(45-29)24-46(43)31-20-17-28(37)18-21-31/h2-15,17-18,20-21,29-30,33-34,38H,16,19,22-24H2,1H3,(H,39,41)(H,40,42)/t29-,30+,34?,46?/m1/s1. The maximum absolute atomic E-state index is 14.0. The van der Waals surface area contributed by atoms with Crippen molar-refractivity contribution in [3.63, 3.8) is 0 Å². The monoisotopic (exact) mass is 659 g/mol. The highest BCUT2D eigenvalue weighted by atomic mass is 35.5. The van der Waals surface area contributed by atoms with Crippen LogP contribution in [0.3, 0.4) is 0 Å². The van der Waals surface area contributed by atoms with Crippen molar-refractivity contribution >= 4 is 40.5 Å². The van der Waals surface area contributed by atoms with Crippen molar-refractivity contribution in [2.45, 2.75) is 41.9 Å². The van der Waals surface area contributed by atoms with Crippen molar-refractivity contribution in [1.82, 2.24) is 10.6 Å². The van der Waals surface area contributed by atoms with Crippen LogP contribution in [0.2, 0.25) is 5.02 Å². The fraction of sp³-hybridized carbons (Fsp3) is 0.278. The number of nitrogens with one attached hydrogen (secondary N) is 3. The quantitative estimate of drug-likeness (QED) is 0.163. The number of benzene rings is 4. The molecule has 0 spiro atoms. The molecule has 3 N–H and O–H groups in total. The SMILES string of the molecule is COC(=O)NC(C(=O)Nc1ccccc1CC[C@@H]1CNC[C@@H](C[S+]([O-])c2ccc(Cl)cc2)O1)C(c1ccccc1)c1ccccc1. The lowest BCUT2D eigenvalue weighted by atomic mass is 9.84. The van der Waals surface area contributed by atoms with Gasteiger partial charge in [0, 0.05) is 29.7 Å². The largest absolute Gasteiger partial charge is 0.611 e. The minimum absolute atomic E-state index is 0.0843. The lowest BCUT2D eigenvalue weighted by Crippen LogP contribution is -2.48. The van der Waals surface area contributed by atoms with Gasteiger partial charge in [0.05, 0.1) is 13.2 Å². The maximum Gasteiger partial charge on any atom is 0.407 e. The molecule has 0 bridgehead atoms. The number of methoxy groups -OCH3 is 1. The van der Waals surface area contributed by atoms with Crippen molar-refractivity contribution in [2.24, 2.45) is 0 Å². The Labute approximate surface area is 278 Å². The molecule has 10 heteroatoms. The second-order valence-electron chi connectivity index (χ2n) is 11.1. The van der Waals surface area contributed by atoms with Crippen LogP contribution in [-0.2, 0) is 31.9 Å². The zero-order valence-electron chi connectivity index (χ0n) is 25.6. The Morgan fingerprint density at radius 3 is 2.17 bits per heavy atom. The third-order valence-electron chi connectivity index (χ3n) is 7.95. The number of alkyl carbamates (subject to hydrolysis) is 1. The number of rotatable bonds is 12. The molecule has 0 aliphatic carbocycles. The van der Waals surface area contributed by atoms with Gasteiger partial charge in [-0.3, -0.25) is 4.79 Å². The number of para-hydroxylation sites is 1. The van der Waals surface area contributed by atoms with Crippen molar-refractivity contribution in [2.75, 3.05) is 31.3 Å². The van der Waals surface area contributed by atoms with Gasteiger partial charge in [0.25, 0.3) is 0 Å². The van der Waals surface area contributed by atoms with E-state index in [1.807, 2.05) is 84.9 Å². The van der Waals surface area contributed by atoms with Gasteiger partial charge in [0.2, 0.25) is 5.91 Å². The van der Waals surface area contributed by atoms with E-state index >= 15 is 0 Å². The molecule has 4 aromatic rings. The molecule has 8 nitrogen and oxygen atoms in total. The first-order chi connectivity index (χ1) is 22.4. The minimum atomic E-state index is -1.21. The summed E-state index contributed by atoms with van der Waals surface area (Å²) in [4.78, 5) is 27.3. The number of halogens is 1. The summed E-state index contributed by atoms with van der Waals surface area (Å²) < 4.78 is 24.2. The molecule has 0 saturated carbocycles. The third kappa shape index (κ3) is 9.11. The molecule has 240 valence electrons. The summed E-state index contributed by atoms with van der Waals surface area (Å²) in [6, 6.07) is 33.0. The van der Waals surface area contributed by atoms with Crippen molar-refractivity contribution in [1.29, 1.82) is 0 Å². The van der Waals surface area contributed by atoms with E-state index < -0.39 is 29.2 Å². The summed E-state index contributed by atoms with van der Waals surface area (Å²) in [5.74, 6) is -0.447. The minimum Gasteiger partial charge on any atom is -0.611 e. The number of aryl methyl sites for hydroxylation is 1. The molecule has 5 rings (SSSR count). The van der Waals surface area contributed by atoms with Crippen LogP contribution in [-0.4, -0.2) is 60.8 Å². The van der Waals surface area contributed by atoms with E-state index in [9.17, 15) is 14.1 Å². The molecule has 2 amide bonds. The fourth-order valence-corrected chi connectivity index (χ4v) is 6.96. The molecule has 1 aliphatic heterocycles. The number of hydrogen-bond acceptors (Lipinski definition) is 6. The van der Waals surface area contributed by atoms with Crippen LogP contribution in [0.4, 0.5) is 10.5 Å². The molecular weight excluding hydrogens is 622 g/mol. The Hall–Kier alpha value is -3.86. The van der Waals surface area contributed by atoms with Gasteiger partial charge in [0.15, 0.2) is 4.90 Å². The van der Waals surface area contributed by atoms with Gasteiger partial charge in [-0.05, 0) is 71.0 Å². The second-order valence-corrected chi connectivity index (χ2v) is 13.0. The number of hydrogen-bond donors (Lipinski definition) is 3. The van der Waals surface area contributed by atoms with E-state index in [1.165, 1.54) is 7.11 Å². The van der Waals surface area contributed by atoms with Gasteiger partial charge in [-0.2, -0.15) is 0 Å². The Kier molecular flexibility index (Phi) is 12.1. The van der Waals surface area contributed by atoms with Gasteiger partial charge >= 0.3 is 6.09 Å². The molecule has 46 heavy (non-hydrogen) atoms. The van der Waals surface area contributed by atoms with Crippen LogP contribution in [0, 0.1) is 0 Å². The lowest BCUT2D eigenvalue weighted by molar-refractivity contribution is -0.118. The predicted molar refractivity (Wildman–Crippen MR) is 182 cm³/mol. The Morgan fingerprint density at radius 1 is 0.913 bits per heavy atom. The fourth-order valence-electron chi connectivity index (χ4n) is 5.66. The zero-order chi connectivity index (χ0) is 32.3. The van der Waals surface area contributed by atoms with Gasteiger partial charge < -0.3 is 30.0 Å². The molecule has 1 heterocycles. The van der Waals surface area contributed by atoms with Crippen LogP contribution in [0.1, 0.15) is 29.0 Å². The van der Waals surface area contributed by atoms with E-state index in [0.29, 0.717) is 42.4 Å². The summed E-state index contributed by atoms with van der Waals surface area (Å²) in [5.41, 5.74) is 3.37. The Balaban J connectivity index is 1.28. The van der Waals surface area contributed by atoms with Crippen LogP contribution >= 0.6 is 11.6 Å². The Morgan fingerprint density at radius 2 is 1.52 bits per heavy atom. The van der Waals surface area contributed by atoms with Crippen molar-refractivity contribution in [3.8, 4) is 0 Å². The highest BCUT2D eigenvalue weighted by molar-refractivity contribution is 7.91. The van der Waals surface area contributed by atoms with Crippen LogP contribution in [0.5, 0.6) is 0 Å². The van der Waals surface area contributed by atoms with E-state index in [4.69, 9.17) is 21.1 Å².